The zero-order valence-corrected chi connectivity index (χ0v) is 12.9. The largest absolute Gasteiger partial charge is 0.369 e. The zero-order chi connectivity index (χ0) is 14.1. The van der Waals surface area contributed by atoms with Gasteiger partial charge in [0.15, 0.2) is 0 Å². The molecule has 2 rings (SSSR count). The van der Waals surface area contributed by atoms with Crippen LogP contribution in [0.1, 0.15) is 34.1 Å². The molecule has 1 heterocycles. The van der Waals surface area contributed by atoms with E-state index in [9.17, 15) is 4.79 Å². The molecule has 1 aliphatic heterocycles. The minimum Gasteiger partial charge on any atom is -0.369 e. The van der Waals surface area contributed by atoms with Crippen molar-refractivity contribution in [3.05, 3.63) is 30.3 Å². The Bertz CT molecular complexity index is 451. The summed E-state index contributed by atoms with van der Waals surface area (Å²) in [6, 6.07) is 10.1. The highest BCUT2D eigenvalue weighted by Gasteiger charge is 2.48. The molecule has 0 radical (unpaired) electrons. The van der Waals surface area contributed by atoms with Crippen molar-refractivity contribution < 1.29 is 9.53 Å². The topological polar surface area (TPSA) is 26.3 Å². The molecule has 19 heavy (non-hydrogen) atoms. The number of rotatable bonds is 4. The number of hydrogen-bond donors (Lipinski definition) is 0. The van der Waals surface area contributed by atoms with Crippen LogP contribution in [0.2, 0.25) is 0 Å². The van der Waals surface area contributed by atoms with Gasteiger partial charge in [0.1, 0.15) is 5.78 Å². The first kappa shape index (κ1) is 14.6. The van der Waals surface area contributed by atoms with Crippen LogP contribution in [0.3, 0.4) is 0 Å². The maximum absolute atomic E-state index is 12.4. The Hall–Kier alpha value is -0.800. The molecule has 0 bridgehead atoms. The molecule has 0 saturated carbocycles. The standard InChI is InChI=1S/C16H22O2S/c1-15(2)10-13(16(3,4)18-15)14(17)11-19-12-8-6-5-7-9-12/h5-9,13H,10-11H2,1-4H3. The monoisotopic (exact) mass is 278 g/mol. The molecule has 0 spiro atoms. The summed E-state index contributed by atoms with van der Waals surface area (Å²) in [5.74, 6) is 0.820. The summed E-state index contributed by atoms with van der Waals surface area (Å²) in [5, 5.41) is 0. The van der Waals surface area contributed by atoms with E-state index in [1.807, 2.05) is 44.2 Å². The van der Waals surface area contributed by atoms with Gasteiger partial charge in [0.25, 0.3) is 0 Å². The molecule has 0 amide bonds. The van der Waals surface area contributed by atoms with Crippen LogP contribution in [0.15, 0.2) is 35.2 Å². The van der Waals surface area contributed by atoms with Gasteiger partial charge < -0.3 is 4.74 Å². The van der Waals surface area contributed by atoms with E-state index in [0.717, 1.165) is 11.3 Å². The fourth-order valence-corrected chi connectivity index (χ4v) is 3.70. The number of hydrogen-bond acceptors (Lipinski definition) is 3. The van der Waals surface area contributed by atoms with Crippen molar-refractivity contribution in [3.8, 4) is 0 Å². The second kappa shape index (κ2) is 5.29. The first-order valence-corrected chi connectivity index (χ1v) is 7.69. The molecule has 1 fully saturated rings. The van der Waals surface area contributed by atoms with Crippen LogP contribution >= 0.6 is 11.8 Å². The lowest BCUT2D eigenvalue weighted by Gasteiger charge is -2.26. The van der Waals surface area contributed by atoms with E-state index in [2.05, 4.69) is 13.8 Å². The second-order valence-electron chi connectivity index (χ2n) is 6.29. The predicted molar refractivity (Wildman–Crippen MR) is 79.5 cm³/mol. The quantitative estimate of drug-likeness (QED) is 0.780. The van der Waals surface area contributed by atoms with E-state index in [1.54, 1.807) is 11.8 Å². The molecule has 1 aliphatic rings. The smallest absolute Gasteiger partial charge is 0.149 e. The first-order chi connectivity index (χ1) is 8.80. The van der Waals surface area contributed by atoms with Gasteiger partial charge in [-0.05, 0) is 46.2 Å². The number of carbonyl (C=O) groups excluding carboxylic acids is 1. The number of ketones is 1. The summed E-state index contributed by atoms with van der Waals surface area (Å²) in [6.07, 6.45) is 0.814. The highest BCUT2D eigenvalue weighted by molar-refractivity contribution is 8.00. The van der Waals surface area contributed by atoms with Crippen molar-refractivity contribution in [2.24, 2.45) is 5.92 Å². The van der Waals surface area contributed by atoms with Gasteiger partial charge in [0, 0.05) is 10.8 Å². The van der Waals surface area contributed by atoms with Crippen molar-refractivity contribution in [2.45, 2.75) is 50.2 Å². The molecule has 1 unspecified atom stereocenters. The average Bonchev–Trinajstić information content (AvgIpc) is 2.56. The number of Topliss-reactive ketones (excluding diaryl/α,β-unsaturated/α-hetero) is 1. The lowest BCUT2D eigenvalue weighted by Crippen LogP contribution is -2.34. The lowest BCUT2D eigenvalue weighted by molar-refractivity contribution is -0.126. The average molecular weight is 278 g/mol. The summed E-state index contributed by atoms with van der Waals surface area (Å²) in [7, 11) is 0. The van der Waals surface area contributed by atoms with Crippen molar-refractivity contribution >= 4 is 17.5 Å². The van der Waals surface area contributed by atoms with Crippen LogP contribution in [-0.4, -0.2) is 22.7 Å². The molecule has 1 aromatic rings. The van der Waals surface area contributed by atoms with Gasteiger partial charge in [-0.25, -0.2) is 0 Å². The lowest BCUT2D eigenvalue weighted by atomic mass is 9.84. The normalized spacial score (nSPS) is 24.3. The van der Waals surface area contributed by atoms with Crippen LogP contribution < -0.4 is 0 Å². The van der Waals surface area contributed by atoms with Gasteiger partial charge in [0.2, 0.25) is 0 Å². The summed E-state index contributed by atoms with van der Waals surface area (Å²) >= 11 is 1.61. The van der Waals surface area contributed by atoms with Crippen LogP contribution in [0.5, 0.6) is 0 Å². The number of carbonyl (C=O) groups is 1. The van der Waals surface area contributed by atoms with Crippen molar-refractivity contribution in [1.82, 2.24) is 0 Å². The van der Waals surface area contributed by atoms with E-state index in [1.165, 1.54) is 0 Å². The van der Waals surface area contributed by atoms with Gasteiger partial charge in [-0.15, -0.1) is 11.8 Å². The number of thioether (sulfide) groups is 1. The van der Waals surface area contributed by atoms with Crippen LogP contribution in [0.25, 0.3) is 0 Å². The first-order valence-electron chi connectivity index (χ1n) is 6.71. The van der Waals surface area contributed by atoms with Gasteiger partial charge in [-0.3, -0.25) is 4.79 Å². The summed E-state index contributed by atoms with van der Waals surface area (Å²) in [6.45, 7) is 8.17. The predicted octanol–water partition coefficient (Wildman–Crippen LogP) is 3.94. The number of benzene rings is 1. The zero-order valence-electron chi connectivity index (χ0n) is 12.1. The summed E-state index contributed by atoms with van der Waals surface area (Å²) < 4.78 is 5.99. The SMILES string of the molecule is CC1(C)CC(C(=O)CSc2ccccc2)C(C)(C)O1. The van der Waals surface area contributed by atoms with E-state index in [-0.39, 0.29) is 17.1 Å². The molecule has 1 aromatic carbocycles. The highest BCUT2D eigenvalue weighted by Crippen LogP contribution is 2.42. The fourth-order valence-electron chi connectivity index (χ4n) is 2.84. The molecule has 0 aliphatic carbocycles. The van der Waals surface area contributed by atoms with Gasteiger partial charge in [-0.2, -0.15) is 0 Å². The molecule has 104 valence electrons. The van der Waals surface area contributed by atoms with E-state index in [0.29, 0.717) is 11.5 Å². The van der Waals surface area contributed by atoms with Gasteiger partial charge >= 0.3 is 0 Å². The van der Waals surface area contributed by atoms with Crippen LogP contribution in [0.4, 0.5) is 0 Å². The third kappa shape index (κ3) is 3.61. The van der Waals surface area contributed by atoms with E-state index in [4.69, 9.17) is 4.74 Å². The van der Waals surface area contributed by atoms with Gasteiger partial charge in [0.05, 0.1) is 17.0 Å². The minimum atomic E-state index is -0.349. The molecular weight excluding hydrogens is 256 g/mol. The van der Waals surface area contributed by atoms with Crippen LogP contribution in [0, 0.1) is 5.92 Å². The Balaban J connectivity index is 1.97. The molecule has 3 heteroatoms. The van der Waals surface area contributed by atoms with Crippen molar-refractivity contribution in [1.29, 1.82) is 0 Å². The van der Waals surface area contributed by atoms with Crippen LogP contribution in [-0.2, 0) is 9.53 Å². The Labute approximate surface area is 119 Å². The maximum Gasteiger partial charge on any atom is 0.149 e. The van der Waals surface area contributed by atoms with E-state index < -0.39 is 0 Å². The number of ether oxygens (including phenoxy) is 1. The third-order valence-corrected chi connectivity index (χ3v) is 4.62. The minimum absolute atomic E-state index is 0.00119. The molecular formula is C16H22O2S. The Morgan fingerprint density at radius 2 is 1.89 bits per heavy atom. The Kier molecular flexibility index (Phi) is 4.07. The third-order valence-electron chi connectivity index (χ3n) is 3.59. The summed E-state index contributed by atoms with van der Waals surface area (Å²) in [5.41, 5.74) is -0.543. The van der Waals surface area contributed by atoms with Gasteiger partial charge in [-0.1, -0.05) is 18.2 Å². The molecule has 0 aromatic heterocycles. The summed E-state index contributed by atoms with van der Waals surface area (Å²) in [4.78, 5) is 13.6. The fraction of sp³-hybridized carbons (Fsp3) is 0.562. The molecule has 1 saturated heterocycles. The van der Waals surface area contributed by atoms with E-state index >= 15 is 0 Å². The second-order valence-corrected chi connectivity index (χ2v) is 7.34. The molecule has 0 N–H and O–H groups in total. The van der Waals surface area contributed by atoms with Crippen molar-refractivity contribution in [3.63, 3.8) is 0 Å². The highest BCUT2D eigenvalue weighted by atomic mass is 32.2. The molecule has 1 atom stereocenters. The Morgan fingerprint density at radius 1 is 1.26 bits per heavy atom. The molecule has 2 nitrogen and oxygen atoms in total. The maximum atomic E-state index is 12.4. The Morgan fingerprint density at radius 3 is 2.42 bits per heavy atom. The van der Waals surface area contributed by atoms with Crippen molar-refractivity contribution in [2.75, 3.05) is 5.75 Å².